The Labute approximate surface area is 204 Å². The number of anilines is 2. The van der Waals surface area contributed by atoms with Crippen molar-refractivity contribution in [3.05, 3.63) is 57.6 Å². The van der Waals surface area contributed by atoms with Crippen LogP contribution in [0.5, 0.6) is 0 Å². The summed E-state index contributed by atoms with van der Waals surface area (Å²) in [7, 11) is 0. The zero-order valence-electron chi connectivity index (χ0n) is 17.6. The van der Waals surface area contributed by atoms with Crippen LogP contribution in [0.2, 0.25) is 10.0 Å². The number of nitrogens with one attached hydrogen (secondary N) is 1. The minimum atomic E-state index is -0.220. The number of hydrogen-bond acceptors (Lipinski definition) is 5. The number of carbonyl (C=O) groups excluding carboxylic acids is 2. The molecule has 9 heteroatoms. The van der Waals surface area contributed by atoms with Gasteiger partial charge in [-0.05, 0) is 35.7 Å². The van der Waals surface area contributed by atoms with Gasteiger partial charge in [0.2, 0.25) is 5.91 Å². The molecular weight excluding hydrogens is 473 g/mol. The minimum absolute atomic E-state index is 0. The molecule has 0 saturated carbocycles. The van der Waals surface area contributed by atoms with Gasteiger partial charge in [-0.15, -0.1) is 12.4 Å². The summed E-state index contributed by atoms with van der Waals surface area (Å²) in [6.07, 6.45) is 1.61. The van der Waals surface area contributed by atoms with E-state index in [0.29, 0.717) is 29.4 Å². The number of amides is 1. The Morgan fingerprint density at radius 1 is 1.06 bits per heavy atom. The van der Waals surface area contributed by atoms with Crippen molar-refractivity contribution in [1.82, 2.24) is 4.90 Å². The van der Waals surface area contributed by atoms with Gasteiger partial charge in [0, 0.05) is 44.8 Å². The highest BCUT2D eigenvalue weighted by atomic mass is 35.5. The smallest absolute Gasteiger partial charge is 0.307 e. The van der Waals surface area contributed by atoms with Crippen molar-refractivity contribution in [3.8, 4) is 0 Å². The molecule has 0 aliphatic carbocycles. The highest BCUT2D eigenvalue weighted by Crippen LogP contribution is 2.32. The van der Waals surface area contributed by atoms with Gasteiger partial charge in [-0.1, -0.05) is 41.4 Å². The molecule has 1 amide bonds. The predicted molar refractivity (Wildman–Crippen MR) is 130 cm³/mol. The summed E-state index contributed by atoms with van der Waals surface area (Å²) in [5.74, 6) is -0.193. The lowest BCUT2D eigenvalue weighted by Gasteiger charge is -2.36. The molecule has 2 aromatic carbocycles. The van der Waals surface area contributed by atoms with Crippen LogP contribution in [-0.2, 0) is 27.4 Å². The molecule has 0 radical (unpaired) electrons. The van der Waals surface area contributed by atoms with E-state index < -0.39 is 0 Å². The van der Waals surface area contributed by atoms with E-state index in [0.717, 1.165) is 55.1 Å². The van der Waals surface area contributed by atoms with E-state index in [1.807, 2.05) is 30.3 Å². The van der Waals surface area contributed by atoms with Crippen molar-refractivity contribution in [1.29, 1.82) is 0 Å². The summed E-state index contributed by atoms with van der Waals surface area (Å²) in [6.45, 7) is 4.23. The molecule has 1 saturated heterocycles. The van der Waals surface area contributed by atoms with Crippen LogP contribution in [0.1, 0.15) is 24.0 Å². The second kappa shape index (κ2) is 11.2. The van der Waals surface area contributed by atoms with Gasteiger partial charge >= 0.3 is 5.97 Å². The number of halogens is 3. The second-order valence-electron chi connectivity index (χ2n) is 7.85. The lowest BCUT2D eigenvalue weighted by Crippen LogP contribution is -2.47. The van der Waals surface area contributed by atoms with Gasteiger partial charge in [-0.2, -0.15) is 0 Å². The Hall–Kier alpha value is -1.99. The Morgan fingerprint density at radius 2 is 1.84 bits per heavy atom. The molecule has 6 nitrogen and oxygen atoms in total. The van der Waals surface area contributed by atoms with Gasteiger partial charge in [0.15, 0.2) is 0 Å². The largest absolute Gasteiger partial charge is 0.461 e. The monoisotopic (exact) mass is 497 g/mol. The maximum atomic E-state index is 12.2. The topological polar surface area (TPSA) is 61.9 Å². The first-order valence-electron chi connectivity index (χ1n) is 10.5. The van der Waals surface area contributed by atoms with Crippen LogP contribution in [0, 0.1) is 0 Å². The number of carbonyl (C=O) groups is 2. The Kier molecular flexibility index (Phi) is 8.65. The van der Waals surface area contributed by atoms with Crippen molar-refractivity contribution in [2.75, 3.05) is 42.9 Å². The average molecular weight is 499 g/mol. The molecule has 0 spiro atoms. The fourth-order valence-corrected chi connectivity index (χ4v) is 4.36. The fourth-order valence-electron chi connectivity index (χ4n) is 3.94. The van der Waals surface area contributed by atoms with Gasteiger partial charge in [0.05, 0.1) is 22.2 Å². The first-order valence-corrected chi connectivity index (χ1v) is 11.2. The van der Waals surface area contributed by atoms with Crippen LogP contribution >= 0.6 is 35.6 Å². The van der Waals surface area contributed by atoms with Gasteiger partial charge in [0.25, 0.3) is 0 Å². The van der Waals surface area contributed by atoms with Crippen molar-refractivity contribution in [2.24, 2.45) is 0 Å². The second-order valence-corrected chi connectivity index (χ2v) is 8.64. The van der Waals surface area contributed by atoms with Gasteiger partial charge in [-0.3, -0.25) is 14.5 Å². The van der Waals surface area contributed by atoms with Crippen LogP contribution in [0.3, 0.4) is 0 Å². The van der Waals surface area contributed by atoms with E-state index in [4.69, 9.17) is 27.9 Å². The Bertz CT molecular complexity index is 978. The SMILES string of the molecule is Cl.O=C1CCc2ccc(COC(=O)CCN3CCN(c4cccc(Cl)c4Cl)CC3)cc2N1. The zero-order chi connectivity index (χ0) is 21.8. The van der Waals surface area contributed by atoms with Crippen LogP contribution in [0.15, 0.2) is 36.4 Å². The van der Waals surface area contributed by atoms with Crippen LogP contribution in [0.4, 0.5) is 11.4 Å². The molecule has 172 valence electrons. The number of rotatable bonds is 6. The number of piperazine rings is 1. The molecule has 0 aromatic heterocycles. The van der Waals surface area contributed by atoms with E-state index in [2.05, 4.69) is 15.1 Å². The molecule has 4 rings (SSSR count). The molecular formula is C23H26Cl3N3O3. The number of esters is 1. The number of aryl methyl sites for hydroxylation is 1. The van der Waals surface area contributed by atoms with E-state index in [1.54, 1.807) is 6.07 Å². The van der Waals surface area contributed by atoms with Crippen LogP contribution < -0.4 is 10.2 Å². The molecule has 32 heavy (non-hydrogen) atoms. The first-order chi connectivity index (χ1) is 15.0. The molecule has 1 N–H and O–H groups in total. The third-order valence-corrected chi connectivity index (χ3v) is 6.55. The van der Waals surface area contributed by atoms with E-state index >= 15 is 0 Å². The van der Waals surface area contributed by atoms with Crippen molar-refractivity contribution < 1.29 is 14.3 Å². The Morgan fingerprint density at radius 3 is 2.62 bits per heavy atom. The van der Waals surface area contributed by atoms with E-state index in [-0.39, 0.29) is 30.9 Å². The molecule has 2 aliphatic rings. The van der Waals surface area contributed by atoms with Gasteiger partial charge < -0.3 is 15.0 Å². The molecule has 0 bridgehead atoms. The summed E-state index contributed by atoms with van der Waals surface area (Å²) < 4.78 is 5.44. The minimum Gasteiger partial charge on any atom is -0.461 e. The summed E-state index contributed by atoms with van der Waals surface area (Å²) in [5.41, 5.74) is 3.77. The molecule has 2 heterocycles. The van der Waals surface area contributed by atoms with Crippen LogP contribution in [-0.4, -0.2) is 49.5 Å². The van der Waals surface area contributed by atoms with Crippen molar-refractivity contribution in [2.45, 2.75) is 25.9 Å². The number of fused-ring (bicyclic) bond motifs is 1. The van der Waals surface area contributed by atoms with Crippen LogP contribution in [0.25, 0.3) is 0 Å². The third-order valence-electron chi connectivity index (χ3n) is 5.75. The summed E-state index contributed by atoms with van der Waals surface area (Å²) in [4.78, 5) is 28.2. The predicted octanol–water partition coefficient (Wildman–Crippen LogP) is 4.56. The molecule has 2 aromatic rings. The maximum Gasteiger partial charge on any atom is 0.307 e. The standard InChI is InChI=1S/C23H25Cl2N3O3.ClH/c24-18-2-1-3-20(23(18)25)28-12-10-27(11-13-28)9-8-22(30)31-15-16-4-5-17-6-7-21(29)26-19(17)14-16;/h1-5,14H,6-13,15H2,(H,26,29);1H. The highest BCUT2D eigenvalue weighted by molar-refractivity contribution is 6.43. The molecule has 2 aliphatic heterocycles. The van der Waals surface area contributed by atoms with E-state index in [9.17, 15) is 9.59 Å². The number of hydrogen-bond donors (Lipinski definition) is 1. The van der Waals surface area contributed by atoms with Gasteiger partial charge in [0.1, 0.15) is 6.61 Å². The van der Waals surface area contributed by atoms with Crippen molar-refractivity contribution >= 4 is 58.9 Å². The van der Waals surface area contributed by atoms with Crippen molar-refractivity contribution in [3.63, 3.8) is 0 Å². The molecule has 0 atom stereocenters. The highest BCUT2D eigenvalue weighted by Gasteiger charge is 2.20. The number of ether oxygens (including phenoxy) is 1. The number of benzene rings is 2. The average Bonchev–Trinajstić information content (AvgIpc) is 2.78. The molecule has 1 fully saturated rings. The quantitative estimate of drug-likeness (QED) is 0.592. The fraction of sp³-hybridized carbons (Fsp3) is 0.391. The van der Waals surface area contributed by atoms with E-state index in [1.165, 1.54) is 0 Å². The zero-order valence-corrected chi connectivity index (χ0v) is 19.9. The lowest BCUT2D eigenvalue weighted by molar-refractivity contribution is -0.145. The lowest BCUT2D eigenvalue weighted by atomic mass is 10.0. The summed E-state index contributed by atoms with van der Waals surface area (Å²) in [6, 6.07) is 11.5. The number of nitrogens with zero attached hydrogens (tertiary/aromatic N) is 2. The molecule has 0 unspecified atom stereocenters. The summed E-state index contributed by atoms with van der Waals surface area (Å²) >= 11 is 12.5. The maximum absolute atomic E-state index is 12.2. The normalized spacial score (nSPS) is 16.1. The Balaban J connectivity index is 0.00000289. The van der Waals surface area contributed by atoms with Gasteiger partial charge in [-0.25, -0.2) is 0 Å². The first kappa shape index (κ1) is 24.6. The third kappa shape index (κ3) is 6.07. The summed E-state index contributed by atoms with van der Waals surface area (Å²) in [5, 5.41) is 4.02.